The average Bonchev–Trinajstić information content (AvgIpc) is 0.969. The number of benzene rings is 7. The molecule has 8 unspecified atom stereocenters. The first-order valence-electron chi connectivity index (χ1n) is 41.3. The van der Waals surface area contributed by atoms with E-state index >= 15 is 0 Å². The van der Waals surface area contributed by atoms with Gasteiger partial charge in [0.25, 0.3) is 0 Å². The van der Waals surface area contributed by atoms with E-state index in [9.17, 15) is 0 Å². The molecule has 8 atom stereocenters. The molecule has 0 aliphatic heterocycles. The third-order valence-corrected chi connectivity index (χ3v) is 28.6. The quantitative estimate of drug-likeness (QED) is 0.0952. The van der Waals surface area contributed by atoms with Crippen molar-refractivity contribution < 1.29 is 0 Å². The van der Waals surface area contributed by atoms with Crippen molar-refractivity contribution in [2.24, 2.45) is 59.2 Å². The maximum Gasteiger partial charge on any atom is 0.0158 e. The molecule has 0 saturated heterocycles. The van der Waals surface area contributed by atoms with Crippen LogP contribution in [0.15, 0.2) is 179 Å². The summed E-state index contributed by atoms with van der Waals surface area (Å²) in [5, 5.41) is 8.83. The third kappa shape index (κ3) is 11.1. The lowest BCUT2D eigenvalue weighted by Crippen LogP contribution is -2.32. The van der Waals surface area contributed by atoms with Crippen LogP contribution in [0.1, 0.15) is 304 Å². The van der Waals surface area contributed by atoms with Crippen molar-refractivity contribution in [1.29, 1.82) is 0 Å². The number of fused-ring (bicyclic) bond motifs is 11. The van der Waals surface area contributed by atoms with E-state index in [-0.39, 0.29) is 45.8 Å². The van der Waals surface area contributed by atoms with E-state index in [2.05, 4.69) is 318 Å². The summed E-state index contributed by atoms with van der Waals surface area (Å²) >= 11 is 0. The summed E-state index contributed by atoms with van der Waals surface area (Å²) in [4.78, 5) is 0. The van der Waals surface area contributed by atoms with Crippen molar-refractivity contribution in [3.63, 3.8) is 0 Å². The van der Waals surface area contributed by atoms with Crippen LogP contribution in [0.2, 0.25) is 0 Å². The summed E-state index contributed by atoms with van der Waals surface area (Å²) < 4.78 is 0. The Bertz CT molecular complexity index is 5170. The molecule has 0 saturated carbocycles. The fourth-order valence-corrected chi connectivity index (χ4v) is 21.9. The predicted octanol–water partition coefficient (Wildman–Crippen LogP) is 26.8. The van der Waals surface area contributed by atoms with E-state index in [4.69, 9.17) is 0 Å². The molecule has 538 valence electrons. The highest BCUT2D eigenvalue weighted by molar-refractivity contribution is 6.14. The summed E-state index contributed by atoms with van der Waals surface area (Å²) in [6.45, 7) is 59.0. The second-order valence-electron chi connectivity index (χ2n) is 38.9. The lowest BCUT2D eigenvalue weighted by atomic mass is 9.64. The van der Waals surface area contributed by atoms with E-state index in [0.29, 0.717) is 71.0 Å². The molecule has 0 spiro atoms. The van der Waals surface area contributed by atoms with Gasteiger partial charge in [-0.2, -0.15) is 0 Å². The van der Waals surface area contributed by atoms with Crippen molar-refractivity contribution in [2.45, 2.75) is 250 Å². The molecule has 104 heavy (non-hydrogen) atoms. The van der Waals surface area contributed by atoms with Gasteiger partial charge in [0.05, 0.1) is 0 Å². The van der Waals surface area contributed by atoms with E-state index in [1.54, 1.807) is 66.8 Å². The third-order valence-electron chi connectivity index (χ3n) is 28.6. The minimum Gasteiger partial charge on any atom is -0.0764 e. The normalized spacial score (nSPS) is 24.7. The minimum absolute atomic E-state index is 0.00907. The maximum absolute atomic E-state index is 2.89. The minimum atomic E-state index is -0.0904. The van der Waals surface area contributed by atoms with Crippen LogP contribution in [0.3, 0.4) is 0 Å². The average molecular weight is 1370 g/mol. The molecule has 16 rings (SSSR count). The largest absolute Gasteiger partial charge is 0.0764 e. The van der Waals surface area contributed by atoms with Crippen molar-refractivity contribution in [3.05, 3.63) is 272 Å². The Morgan fingerprint density at radius 1 is 0.385 bits per heavy atom. The molecule has 0 heterocycles. The maximum atomic E-state index is 2.89. The summed E-state index contributed by atoms with van der Waals surface area (Å²) in [6, 6.07) is 44.0. The SMILES string of the molecule is CC(C)C1=CC(c2cc3c4c(c5c6c(cc(C7=C8c9ccc(C(C)C)cc9C(C)(C)C8CC(C(C)C)=C7)cc6c4c2)=CC(C2C=C(C(C)C)C=C4C2c2ccc(C(C)C)cc2C4(C)C)C5)CC(C2=C4c5ccc(C(C)C)cc5C(C)(C)C4CC(C(C)C)=C2)C=3)C(c2ccc(C(C)C)cc2)C(C(C)C)=C1. The first kappa shape index (κ1) is 71.0. The summed E-state index contributed by atoms with van der Waals surface area (Å²) in [5.74, 6) is 6.03. The van der Waals surface area contributed by atoms with Crippen LogP contribution in [0.5, 0.6) is 0 Å². The summed E-state index contributed by atoms with van der Waals surface area (Å²) in [5.41, 5.74) is 37.9. The van der Waals surface area contributed by atoms with Crippen LogP contribution in [0.4, 0.5) is 0 Å². The molecule has 9 aliphatic carbocycles. The van der Waals surface area contributed by atoms with Gasteiger partial charge in [-0.25, -0.2) is 0 Å². The number of rotatable bonds is 14. The Hall–Kier alpha value is -7.28. The summed E-state index contributed by atoms with van der Waals surface area (Å²) in [7, 11) is 0. The Morgan fingerprint density at radius 3 is 1.48 bits per heavy atom. The Balaban J connectivity index is 1.04. The Kier molecular flexibility index (Phi) is 17.4. The van der Waals surface area contributed by atoms with Gasteiger partial charge in [-0.15, -0.1) is 0 Å². The lowest BCUT2D eigenvalue weighted by molar-refractivity contribution is 0.395. The highest BCUT2D eigenvalue weighted by Gasteiger charge is 2.51. The van der Waals surface area contributed by atoms with Crippen LogP contribution in [-0.4, -0.2) is 0 Å². The Labute approximate surface area is 627 Å². The van der Waals surface area contributed by atoms with Gasteiger partial charge in [0.2, 0.25) is 0 Å². The highest BCUT2D eigenvalue weighted by Crippen LogP contribution is 2.63. The van der Waals surface area contributed by atoms with Crippen LogP contribution in [-0.2, 0) is 29.1 Å². The second kappa shape index (κ2) is 25.4. The fraction of sp³-hybridized carbons (Fsp3) is 0.462. The molecule has 0 amide bonds. The van der Waals surface area contributed by atoms with Crippen LogP contribution in [0.25, 0.3) is 50.4 Å². The van der Waals surface area contributed by atoms with Gasteiger partial charge in [0, 0.05) is 29.1 Å². The molecule has 0 N–H and O–H groups in total. The molecular weight excluding hydrogens is 1250 g/mol. The molecule has 7 aromatic carbocycles. The zero-order chi connectivity index (χ0) is 73.7. The molecule has 0 fully saturated rings. The van der Waals surface area contributed by atoms with E-state index in [0.717, 1.165) is 25.7 Å². The highest BCUT2D eigenvalue weighted by atomic mass is 14.5. The standard InChI is InChI=1S/C104H122/c1-54(2)63-25-27-64(28-26-63)96-81(62(17)18)39-68(58(9)10)40-82(96)72-35-76-36-73(83-41-69(59(11)12)51-93-99(83)78-32-29-65(55(3)4)48-90(78)102(93,19)20)46-88-89-47-75(85-43-71(61(15)16)53-95-101(85)80-34-31-67(57(7)8)50-92(80)104(95,23)24)38-77-37-74(45-87(98(77)89)86(44-72)97(76)88)84-42-70(60(13)14)52-94-100(84)79-33-30-66(56(5)6)49-91(79)103(94,21)22/h25-45,48-50,53-62,73,75,82,85,93-94,96,101H,46-47,51-52H2,1-24H3. The van der Waals surface area contributed by atoms with Gasteiger partial charge >= 0.3 is 0 Å². The van der Waals surface area contributed by atoms with E-state index < -0.39 is 0 Å². The van der Waals surface area contributed by atoms with Crippen molar-refractivity contribution in [1.82, 2.24) is 0 Å². The fourth-order valence-electron chi connectivity index (χ4n) is 21.9. The molecule has 0 bridgehead atoms. The zero-order valence-corrected chi connectivity index (χ0v) is 68.1. The van der Waals surface area contributed by atoms with Gasteiger partial charge in [-0.05, 0) is 281 Å². The van der Waals surface area contributed by atoms with Gasteiger partial charge in [-0.3, -0.25) is 0 Å². The number of hydrogen-bond acceptors (Lipinski definition) is 0. The second-order valence-corrected chi connectivity index (χ2v) is 38.9. The number of hydrogen-bond donors (Lipinski definition) is 0. The van der Waals surface area contributed by atoms with E-state index in [1.165, 1.54) is 104 Å². The topological polar surface area (TPSA) is 0 Å². The van der Waals surface area contributed by atoms with Crippen LogP contribution < -0.4 is 10.4 Å². The van der Waals surface area contributed by atoms with Crippen LogP contribution >= 0.6 is 0 Å². The zero-order valence-electron chi connectivity index (χ0n) is 68.1. The van der Waals surface area contributed by atoms with Crippen molar-refractivity contribution in [3.8, 4) is 0 Å². The molecular formula is C104H122. The Morgan fingerprint density at radius 2 is 0.904 bits per heavy atom. The first-order chi connectivity index (χ1) is 49.2. The lowest BCUT2D eigenvalue weighted by Gasteiger charge is -2.39. The smallest absolute Gasteiger partial charge is 0.0158 e. The number of allylic oxidation sites excluding steroid dienone is 16. The van der Waals surface area contributed by atoms with Gasteiger partial charge in [0.1, 0.15) is 0 Å². The van der Waals surface area contributed by atoms with Gasteiger partial charge < -0.3 is 0 Å². The molecule has 9 aliphatic rings. The molecule has 0 aromatic heterocycles. The van der Waals surface area contributed by atoms with Crippen molar-refractivity contribution in [2.75, 3.05) is 0 Å². The predicted molar refractivity (Wildman–Crippen MR) is 450 cm³/mol. The first-order valence-corrected chi connectivity index (χ1v) is 41.3. The monoisotopic (exact) mass is 1370 g/mol. The van der Waals surface area contributed by atoms with Crippen LogP contribution in [0, 0.1) is 59.2 Å². The molecule has 0 radical (unpaired) electrons. The molecule has 7 aromatic rings. The van der Waals surface area contributed by atoms with Gasteiger partial charge in [0.15, 0.2) is 0 Å². The molecule has 0 heteroatoms. The summed E-state index contributed by atoms with van der Waals surface area (Å²) in [6.07, 6.45) is 26.3. The van der Waals surface area contributed by atoms with E-state index in [1.807, 2.05) is 0 Å². The van der Waals surface area contributed by atoms with Crippen molar-refractivity contribution >= 4 is 50.4 Å². The molecule has 0 nitrogen and oxygen atoms in total. The van der Waals surface area contributed by atoms with Gasteiger partial charge in [-0.1, -0.05) is 322 Å².